The first-order chi connectivity index (χ1) is 9.76. The molecule has 2 N–H and O–H groups in total. The maximum atomic E-state index is 11.7. The summed E-state index contributed by atoms with van der Waals surface area (Å²) < 4.78 is 5.13. The SMILES string of the molecule is COc1ccc(Nc2cc(=O)[nH]c3ccccc23)cc1. The van der Waals surface area contributed by atoms with Crippen LogP contribution in [0.3, 0.4) is 0 Å². The number of aromatic nitrogens is 1. The second-order valence-corrected chi connectivity index (χ2v) is 4.45. The van der Waals surface area contributed by atoms with E-state index in [2.05, 4.69) is 10.3 Å². The fourth-order valence-corrected chi connectivity index (χ4v) is 2.14. The molecule has 0 spiro atoms. The van der Waals surface area contributed by atoms with Gasteiger partial charge in [-0.25, -0.2) is 0 Å². The van der Waals surface area contributed by atoms with Gasteiger partial charge in [0.15, 0.2) is 0 Å². The summed E-state index contributed by atoms with van der Waals surface area (Å²) in [5, 5.41) is 4.24. The Morgan fingerprint density at radius 3 is 2.55 bits per heavy atom. The van der Waals surface area contributed by atoms with E-state index in [9.17, 15) is 4.79 Å². The highest BCUT2D eigenvalue weighted by molar-refractivity contribution is 5.92. The molecule has 0 aliphatic carbocycles. The standard InChI is InChI=1S/C16H14N2O2/c1-20-12-8-6-11(7-9-12)17-15-10-16(19)18-14-5-3-2-4-13(14)15/h2-10H,1H3,(H2,17,18,19). The van der Waals surface area contributed by atoms with Gasteiger partial charge in [0.05, 0.1) is 18.3 Å². The molecule has 0 aliphatic rings. The first-order valence-corrected chi connectivity index (χ1v) is 6.29. The molecule has 0 saturated heterocycles. The van der Waals surface area contributed by atoms with Gasteiger partial charge < -0.3 is 15.0 Å². The van der Waals surface area contributed by atoms with Gasteiger partial charge in [-0.3, -0.25) is 4.79 Å². The van der Waals surface area contributed by atoms with Gasteiger partial charge in [0.2, 0.25) is 5.56 Å². The Hall–Kier alpha value is -2.75. The molecule has 4 heteroatoms. The van der Waals surface area contributed by atoms with Gasteiger partial charge in [0.25, 0.3) is 0 Å². The zero-order valence-electron chi connectivity index (χ0n) is 11.0. The van der Waals surface area contributed by atoms with E-state index in [1.807, 2.05) is 48.5 Å². The van der Waals surface area contributed by atoms with Crippen LogP contribution in [0.15, 0.2) is 59.4 Å². The van der Waals surface area contributed by atoms with E-state index >= 15 is 0 Å². The van der Waals surface area contributed by atoms with Crippen molar-refractivity contribution in [1.29, 1.82) is 0 Å². The van der Waals surface area contributed by atoms with Gasteiger partial charge in [0.1, 0.15) is 5.75 Å². The van der Waals surface area contributed by atoms with Crippen LogP contribution in [0, 0.1) is 0 Å². The lowest BCUT2D eigenvalue weighted by Crippen LogP contribution is -2.06. The number of ether oxygens (including phenoxy) is 1. The number of aromatic amines is 1. The number of benzene rings is 2. The number of pyridine rings is 1. The first-order valence-electron chi connectivity index (χ1n) is 6.29. The summed E-state index contributed by atoms with van der Waals surface area (Å²) in [5.41, 5.74) is 2.38. The van der Waals surface area contributed by atoms with E-state index in [-0.39, 0.29) is 5.56 Å². The predicted molar refractivity (Wildman–Crippen MR) is 80.8 cm³/mol. The van der Waals surface area contributed by atoms with Crippen LogP contribution >= 0.6 is 0 Å². The third kappa shape index (κ3) is 2.36. The van der Waals surface area contributed by atoms with Gasteiger partial charge in [-0.05, 0) is 30.3 Å². The van der Waals surface area contributed by atoms with Crippen molar-refractivity contribution < 1.29 is 4.74 Å². The van der Waals surface area contributed by atoms with Crippen molar-refractivity contribution in [2.45, 2.75) is 0 Å². The fourth-order valence-electron chi connectivity index (χ4n) is 2.14. The molecule has 0 bridgehead atoms. The van der Waals surface area contributed by atoms with E-state index in [0.29, 0.717) is 0 Å². The Labute approximate surface area is 116 Å². The van der Waals surface area contributed by atoms with E-state index in [0.717, 1.165) is 28.0 Å². The number of methoxy groups -OCH3 is 1. The number of hydrogen-bond acceptors (Lipinski definition) is 3. The smallest absolute Gasteiger partial charge is 0.250 e. The molecule has 0 unspecified atom stereocenters. The lowest BCUT2D eigenvalue weighted by Gasteiger charge is -2.10. The summed E-state index contributed by atoms with van der Waals surface area (Å²) in [6.07, 6.45) is 0. The van der Waals surface area contributed by atoms with Crippen molar-refractivity contribution in [1.82, 2.24) is 4.98 Å². The minimum Gasteiger partial charge on any atom is -0.497 e. The van der Waals surface area contributed by atoms with Crippen LogP contribution in [0.5, 0.6) is 5.75 Å². The molecule has 0 fully saturated rings. The monoisotopic (exact) mass is 266 g/mol. The molecule has 20 heavy (non-hydrogen) atoms. The Balaban J connectivity index is 2.03. The van der Waals surface area contributed by atoms with Crippen LogP contribution in [0.1, 0.15) is 0 Å². The van der Waals surface area contributed by atoms with Crippen LogP contribution in [-0.4, -0.2) is 12.1 Å². The molecule has 3 rings (SSSR count). The lowest BCUT2D eigenvalue weighted by molar-refractivity contribution is 0.415. The largest absolute Gasteiger partial charge is 0.497 e. The highest BCUT2D eigenvalue weighted by Crippen LogP contribution is 2.24. The normalized spacial score (nSPS) is 10.4. The van der Waals surface area contributed by atoms with Gasteiger partial charge in [-0.15, -0.1) is 0 Å². The number of rotatable bonds is 3. The number of fused-ring (bicyclic) bond motifs is 1. The maximum Gasteiger partial charge on any atom is 0.250 e. The molecule has 0 saturated carbocycles. The molecule has 1 aromatic heterocycles. The second kappa shape index (κ2) is 5.09. The third-order valence-corrected chi connectivity index (χ3v) is 3.12. The number of nitrogens with one attached hydrogen (secondary N) is 2. The average molecular weight is 266 g/mol. The van der Waals surface area contributed by atoms with Gasteiger partial charge >= 0.3 is 0 Å². The molecule has 0 radical (unpaired) electrons. The Bertz CT molecular complexity index is 791. The Morgan fingerprint density at radius 2 is 1.80 bits per heavy atom. The molecule has 3 aromatic rings. The number of H-pyrrole nitrogens is 1. The molecule has 1 heterocycles. The lowest BCUT2D eigenvalue weighted by atomic mass is 10.2. The summed E-state index contributed by atoms with van der Waals surface area (Å²) in [4.78, 5) is 14.5. The molecule has 0 atom stereocenters. The van der Waals surface area contributed by atoms with E-state index in [1.54, 1.807) is 13.2 Å². The molecule has 2 aromatic carbocycles. The summed E-state index contributed by atoms with van der Waals surface area (Å²) >= 11 is 0. The first kappa shape index (κ1) is 12.3. The molecular weight excluding hydrogens is 252 g/mol. The summed E-state index contributed by atoms with van der Waals surface area (Å²) in [5.74, 6) is 0.798. The predicted octanol–water partition coefficient (Wildman–Crippen LogP) is 3.28. The van der Waals surface area contributed by atoms with Crippen LogP contribution < -0.4 is 15.6 Å². The van der Waals surface area contributed by atoms with Crippen molar-refractivity contribution in [3.05, 3.63) is 65.0 Å². The van der Waals surface area contributed by atoms with E-state index in [4.69, 9.17) is 4.74 Å². The van der Waals surface area contributed by atoms with Crippen molar-refractivity contribution >= 4 is 22.3 Å². The van der Waals surface area contributed by atoms with Crippen molar-refractivity contribution in [2.75, 3.05) is 12.4 Å². The number of anilines is 2. The third-order valence-electron chi connectivity index (χ3n) is 3.12. The van der Waals surface area contributed by atoms with Crippen LogP contribution in [0.4, 0.5) is 11.4 Å². The van der Waals surface area contributed by atoms with Crippen molar-refractivity contribution in [3.63, 3.8) is 0 Å². The topological polar surface area (TPSA) is 54.1 Å². The molecular formula is C16H14N2O2. The minimum absolute atomic E-state index is 0.125. The summed E-state index contributed by atoms with van der Waals surface area (Å²) in [6.45, 7) is 0. The Kier molecular flexibility index (Phi) is 3.13. The summed E-state index contributed by atoms with van der Waals surface area (Å²) in [7, 11) is 1.63. The van der Waals surface area contributed by atoms with E-state index < -0.39 is 0 Å². The molecule has 0 aliphatic heterocycles. The van der Waals surface area contributed by atoms with Crippen molar-refractivity contribution in [3.8, 4) is 5.75 Å². The second-order valence-electron chi connectivity index (χ2n) is 4.45. The molecule has 4 nitrogen and oxygen atoms in total. The molecule has 0 amide bonds. The van der Waals surface area contributed by atoms with Crippen molar-refractivity contribution in [2.24, 2.45) is 0 Å². The van der Waals surface area contributed by atoms with Crippen LogP contribution in [-0.2, 0) is 0 Å². The number of para-hydroxylation sites is 1. The van der Waals surface area contributed by atoms with Crippen LogP contribution in [0.2, 0.25) is 0 Å². The van der Waals surface area contributed by atoms with Gasteiger partial charge in [-0.1, -0.05) is 18.2 Å². The van der Waals surface area contributed by atoms with Crippen LogP contribution in [0.25, 0.3) is 10.9 Å². The highest BCUT2D eigenvalue weighted by atomic mass is 16.5. The van der Waals surface area contributed by atoms with Gasteiger partial charge in [-0.2, -0.15) is 0 Å². The Morgan fingerprint density at radius 1 is 1.05 bits per heavy atom. The fraction of sp³-hybridized carbons (Fsp3) is 0.0625. The summed E-state index contributed by atoms with van der Waals surface area (Å²) in [6, 6.07) is 16.8. The zero-order valence-corrected chi connectivity index (χ0v) is 11.0. The average Bonchev–Trinajstić information content (AvgIpc) is 2.48. The quantitative estimate of drug-likeness (QED) is 0.765. The molecule has 100 valence electrons. The van der Waals surface area contributed by atoms with Gasteiger partial charge in [0, 0.05) is 17.1 Å². The minimum atomic E-state index is -0.125. The zero-order chi connectivity index (χ0) is 13.9. The maximum absolute atomic E-state index is 11.7. The number of hydrogen-bond donors (Lipinski definition) is 2. The highest BCUT2D eigenvalue weighted by Gasteiger charge is 2.03. The van der Waals surface area contributed by atoms with E-state index in [1.165, 1.54) is 0 Å².